The van der Waals surface area contributed by atoms with Gasteiger partial charge in [-0.25, -0.2) is 8.42 Å². The first-order valence-electron chi connectivity index (χ1n) is 6.91. The van der Waals surface area contributed by atoms with E-state index in [0.717, 1.165) is 16.0 Å². The molecule has 2 rings (SSSR count). The summed E-state index contributed by atoms with van der Waals surface area (Å²) in [6, 6.07) is 9.19. The molecule has 0 spiro atoms. The summed E-state index contributed by atoms with van der Waals surface area (Å²) in [6.07, 6.45) is 0. The lowest BCUT2D eigenvalue weighted by molar-refractivity contribution is 0.469. The molecule has 0 fully saturated rings. The van der Waals surface area contributed by atoms with Crippen molar-refractivity contribution in [1.82, 2.24) is 4.31 Å². The Morgan fingerprint density at radius 2 is 1.76 bits per heavy atom. The van der Waals surface area contributed by atoms with Crippen LogP contribution in [0.3, 0.4) is 0 Å². The third kappa shape index (κ3) is 3.54. The van der Waals surface area contributed by atoms with Crippen molar-refractivity contribution < 1.29 is 8.42 Å². The second-order valence-corrected chi connectivity index (χ2v) is 8.56. The molecular formula is C16H21NO2S2. The molecule has 0 N–H and O–H groups in total. The quantitative estimate of drug-likeness (QED) is 0.834. The number of aryl methyl sites for hydroxylation is 1. The zero-order valence-electron chi connectivity index (χ0n) is 12.8. The third-order valence-corrected chi connectivity index (χ3v) is 6.41. The first-order valence-corrected chi connectivity index (χ1v) is 9.23. The smallest absolute Gasteiger partial charge is 0.207 e. The van der Waals surface area contributed by atoms with E-state index in [0.29, 0.717) is 17.4 Å². The molecule has 0 bridgehead atoms. The van der Waals surface area contributed by atoms with Crippen LogP contribution in [0.25, 0.3) is 0 Å². The van der Waals surface area contributed by atoms with Crippen molar-refractivity contribution in [3.63, 3.8) is 0 Å². The number of thiophene rings is 1. The molecule has 0 saturated heterocycles. The number of benzene rings is 1. The van der Waals surface area contributed by atoms with Gasteiger partial charge in [0.2, 0.25) is 10.0 Å². The molecule has 1 heterocycles. The summed E-state index contributed by atoms with van der Waals surface area (Å²) < 4.78 is 26.6. The molecule has 0 radical (unpaired) electrons. The zero-order valence-corrected chi connectivity index (χ0v) is 14.5. The van der Waals surface area contributed by atoms with Crippen LogP contribution in [0, 0.1) is 6.92 Å². The van der Waals surface area contributed by atoms with E-state index in [1.165, 1.54) is 4.31 Å². The Bertz CT molecular complexity index is 700. The van der Waals surface area contributed by atoms with Gasteiger partial charge in [0.05, 0.1) is 4.90 Å². The average molecular weight is 323 g/mol. The van der Waals surface area contributed by atoms with Crippen LogP contribution in [-0.2, 0) is 16.6 Å². The maximum absolute atomic E-state index is 12.6. The first-order chi connectivity index (χ1) is 9.82. The Kier molecular flexibility index (Phi) is 4.86. The minimum absolute atomic E-state index is 0.351. The van der Waals surface area contributed by atoms with Crippen LogP contribution in [0.2, 0.25) is 0 Å². The van der Waals surface area contributed by atoms with Gasteiger partial charge in [-0.1, -0.05) is 26.0 Å². The molecule has 0 saturated carbocycles. The van der Waals surface area contributed by atoms with Gasteiger partial charge in [-0.2, -0.15) is 4.31 Å². The largest absolute Gasteiger partial charge is 0.243 e. The normalized spacial score (nSPS) is 12.3. The molecule has 21 heavy (non-hydrogen) atoms. The summed E-state index contributed by atoms with van der Waals surface area (Å²) in [6.45, 7) is 6.60. The average Bonchev–Trinajstić information content (AvgIpc) is 2.84. The summed E-state index contributed by atoms with van der Waals surface area (Å²) in [7, 11) is -1.80. The monoisotopic (exact) mass is 323 g/mol. The number of hydrogen-bond acceptors (Lipinski definition) is 3. The Hall–Kier alpha value is -1.17. The standard InChI is InChI=1S/C16H21NO2S2/c1-12(2)14-5-7-15(8-6-14)21(18,19)17(4)11-16-13(3)9-10-20-16/h5-10,12H,11H2,1-4H3. The van der Waals surface area contributed by atoms with Crippen molar-refractivity contribution in [1.29, 1.82) is 0 Å². The minimum atomic E-state index is -3.43. The van der Waals surface area contributed by atoms with Crippen LogP contribution in [0.15, 0.2) is 40.6 Å². The molecule has 0 aliphatic carbocycles. The molecule has 0 atom stereocenters. The fraction of sp³-hybridized carbons (Fsp3) is 0.375. The number of nitrogens with zero attached hydrogens (tertiary/aromatic N) is 1. The first kappa shape index (κ1) is 16.2. The van der Waals surface area contributed by atoms with Gasteiger partial charge in [0, 0.05) is 18.5 Å². The third-order valence-electron chi connectivity index (χ3n) is 3.59. The van der Waals surface area contributed by atoms with Gasteiger partial charge in [-0.15, -0.1) is 11.3 Å². The molecule has 114 valence electrons. The molecule has 3 nitrogen and oxygen atoms in total. The van der Waals surface area contributed by atoms with Crippen molar-refractivity contribution >= 4 is 21.4 Å². The Morgan fingerprint density at radius 1 is 1.14 bits per heavy atom. The van der Waals surface area contributed by atoms with Crippen LogP contribution < -0.4 is 0 Å². The Morgan fingerprint density at radius 3 is 2.24 bits per heavy atom. The fourth-order valence-electron chi connectivity index (χ4n) is 2.06. The minimum Gasteiger partial charge on any atom is -0.207 e. The Balaban J connectivity index is 2.22. The maximum atomic E-state index is 12.6. The SMILES string of the molecule is Cc1ccsc1CN(C)S(=O)(=O)c1ccc(C(C)C)cc1. The van der Waals surface area contributed by atoms with Gasteiger partial charge in [-0.3, -0.25) is 0 Å². The topological polar surface area (TPSA) is 37.4 Å². The molecule has 0 amide bonds. The van der Waals surface area contributed by atoms with E-state index in [1.807, 2.05) is 30.5 Å². The van der Waals surface area contributed by atoms with Gasteiger partial charge in [0.25, 0.3) is 0 Å². The predicted molar refractivity (Wildman–Crippen MR) is 88.2 cm³/mol. The molecule has 0 aliphatic heterocycles. The number of hydrogen-bond donors (Lipinski definition) is 0. The fourth-order valence-corrected chi connectivity index (χ4v) is 4.24. The van der Waals surface area contributed by atoms with Crippen molar-refractivity contribution in [3.8, 4) is 0 Å². The molecule has 0 aliphatic rings. The van der Waals surface area contributed by atoms with Gasteiger partial charge >= 0.3 is 0 Å². The molecule has 5 heteroatoms. The molecule has 1 aromatic heterocycles. The highest BCUT2D eigenvalue weighted by Gasteiger charge is 2.21. The summed E-state index contributed by atoms with van der Waals surface area (Å²) in [5.41, 5.74) is 2.28. The lowest BCUT2D eigenvalue weighted by Crippen LogP contribution is -2.26. The lowest BCUT2D eigenvalue weighted by atomic mass is 10.0. The predicted octanol–water partition coefficient (Wildman–Crippen LogP) is 4.00. The van der Waals surface area contributed by atoms with Crippen LogP contribution in [0.4, 0.5) is 0 Å². The zero-order chi connectivity index (χ0) is 15.6. The van der Waals surface area contributed by atoms with Crippen molar-refractivity contribution in [3.05, 3.63) is 51.7 Å². The van der Waals surface area contributed by atoms with Gasteiger partial charge in [0.1, 0.15) is 0 Å². The molecule has 0 unspecified atom stereocenters. The maximum Gasteiger partial charge on any atom is 0.243 e. The molecule has 1 aromatic carbocycles. The van der Waals surface area contributed by atoms with Crippen molar-refractivity contribution in [2.45, 2.75) is 38.1 Å². The van der Waals surface area contributed by atoms with E-state index >= 15 is 0 Å². The van der Waals surface area contributed by atoms with E-state index in [4.69, 9.17) is 0 Å². The number of rotatable bonds is 5. The van der Waals surface area contributed by atoms with Gasteiger partial charge in [-0.05, 0) is 47.5 Å². The van der Waals surface area contributed by atoms with Crippen LogP contribution >= 0.6 is 11.3 Å². The highest BCUT2D eigenvalue weighted by molar-refractivity contribution is 7.89. The van der Waals surface area contributed by atoms with Crippen molar-refractivity contribution in [2.24, 2.45) is 0 Å². The van der Waals surface area contributed by atoms with Crippen molar-refractivity contribution in [2.75, 3.05) is 7.05 Å². The second kappa shape index (κ2) is 6.30. The molecular weight excluding hydrogens is 302 g/mol. The summed E-state index contributed by atoms with van der Waals surface area (Å²) in [4.78, 5) is 1.43. The molecule has 2 aromatic rings. The van der Waals surface area contributed by atoms with Gasteiger partial charge < -0.3 is 0 Å². The van der Waals surface area contributed by atoms with Crippen LogP contribution in [0.1, 0.15) is 35.8 Å². The summed E-state index contributed by atoms with van der Waals surface area (Å²) >= 11 is 1.59. The van der Waals surface area contributed by atoms with E-state index < -0.39 is 10.0 Å². The highest BCUT2D eigenvalue weighted by atomic mass is 32.2. The number of sulfonamides is 1. The van der Waals surface area contributed by atoms with E-state index in [1.54, 1.807) is 30.5 Å². The lowest BCUT2D eigenvalue weighted by Gasteiger charge is -2.17. The Labute approximate surface area is 131 Å². The summed E-state index contributed by atoms with van der Waals surface area (Å²) in [5, 5.41) is 1.99. The van der Waals surface area contributed by atoms with E-state index in [9.17, 15) is 8.42 Å². The van der Waals surface area contributed by atoms with Crippen LogP contribution in [-0.4, -0.2) is 19.8 Å². The van der Waals surface area contributed by atoms with E-state index in [2.05, 4.69) is 13.8 Å². The highest BCUT2D eigenvalue weighted by Crippen LogP contribution is 2.23. The summed E-state index contributed by atoms with van der Waals surface area (Å²) in [5.74, 6) is 0.397. The van der Waals surface area contributed by atoms with Gasteiger partial charge in [0.15, 0.2) is 0 Å². The second-order valence-electron chi connectivity index (χ2n) is 5.51. The van der Waals surface area contributed by atoms with E-state index in [-0.39, 0.29) is 0 Å². The van der Waals surface area contributed by atoms with Crippen LogP contribution in [0.5, 0.6) is 0 Å².